The molecule has 13 nitrogen and oxygen atoms in total. The second-order valence-corrected chi connectivity index (χ2v) is 11.5. The lowest BCUT2D eigenvalue weighted by Gasteiger charge is -2.13. The Morgan fingerprint density at radius 3 is 2.54 bits per heavy atom. The summed E-state index contributed by atoms with van der Waals surface area (Å²) in [4.78, 5) is 54.3. The van der Waals surface area contributed by atoms with Gasteiger partial charge >= 0.3 is 5.97 Å². The number of methoxy groups -OCH3 is 2. The van der Waals surface area contributed by atoms with Gasteiger partial charge in [0.2, 0.25) is 11.9 Å². The van der Waals surface area contributed by atoms with Crippen LogP contribution in [0.2, 0.25) is 0 Å². The van der Waals surface area contributed by atoms with E-state index in [1.54, 1.807) is 42.1 Å². The lowest BCUT2D eigenvalue weighted by atomic mass is 10.1. The summed E-state index contributed by atoms with van der Waals surface area (Å²) in [5.41, 5.74) is 8.14. The summed E-state index contributed by atoms with van der Waals surface area (Å²) in [7, 11) is 2.84. The largest absolute Gasteiger partial charge is 0.493 e. The highest BCUT2D eigenvalue weighted by Gasteiger charge is 2.20. The Labute approximate surface area is 268 Å². The number of nitrogens with zero attached hydrogens (tertiary/aromatic N) is 4. The Morgan fingerprint density at radius 1 is 1.02 bits per heavy atom. The number of carbonyl (C=O) groups excluding carboxylic acids is 4. The Bertz CT molecular complexity index is 1960. The maximum absolute atomic E-state index is 13.2. The van der Waals surface area contributed by atoms with Crippen molar-refractivity contribution >= 4 is 62.0 Å². The van der Waals surface area contributed by atoms with Gasteiger partial charge < -0.3 is 24.5 Å². The van der Waals surface area contributed by atoms with Crippen molar-refractivity contribution < 1.29 is 33.4 Å². The molecule has 3 aromatic heterocycles. The van der Waals surface area contributed by atoms with E-state index in [4.69, 9.17) is 15.2 Å². The van der Waals surface area contributed by atoms with Crippen LogP contribution in [0.5, 0.6) is 11.5 Å². The number of rotatable bonds is 14. The number of amides is 2. The minimum atomic E-state index is -0.577. The predicted octanol–water partition coefficient (Wildman–Crippen LogP) is 4.74. The highest BCUT2D eigenvalue weighted by molar-refractivity contribution is 7.20. The molecule has 0 fully saturated rings. The minimum absolute atomic E-state index is 0.0221. The monoisotopic (exact) mass is 646 g/mol. The first-order chi connectivity index (χ1) is 22.1. The summed E-state index contributed by atoms with van der Waals surface area (Å²) in [5, 5.41) is 8.09. The van der Waals surface area contributed by atoms with E-state index in [0.29, 0.717) is 70.7 Å². The van der Waals surface area contributed by atoms with Gasteiger partial charge in [0.15, 0.2) is 17.3 Å². The van der Waals surface area contributed by atoms with E-state index in [9.17, 15) is 19.2 Å². The second-order valence-electron chi connectivity index (χ2n) is 10.4. The molecule has 0 atom stereocenters. The van der Waals surface area contributed by atoms with E-state index in [1.807, 2.05) is 30.5 Å². The number of hydrogen-bond donors (Lipinski definition) is 2. The molecule has 3 N–H and O–H groups in total. The van der Waals surface area contributed by atoms with Crippen molar-refractivity contribution in [3.63, 3.8) is 0 Å². The number of Topliss-reactive ketones (excluding diaryl/α,β-unsaturated/α-hetero) is 1. The number of aromatic nitrogens is 4. The second kappa shape index (κ2) is 13.8. The van der Waals surface area contributed by atoms with Crippen LogP contribution in [0.25, 0.3) is 21.1 Å². The van der Waals surface area contributed by atoms with Gasteiger partial charge in [0.25, 0.3) is 5.91 Å². The number of imidazole rings is 1. The summed E-state index contributed by atoms with van der Waals surface area (Å²) in [6.45, 7) is 4.98. The standard InChI is InChI=1S/C32H34N6O7S/c1-5-38-23(13-18(2)36-38)31(42)35-32-34-21-14-19(30(33)41)7-8-22(21)37(32)11-6-12-45-26-17-27-20(15-25(26)43-3)16-28(46-27)24(39)9-10-29(40)44-4/h7-8,13-17H,5-6,9-12H2,1-4H3,(H2,33,41)(H,34,35,42). The summed E-state index contributed by atoms with van der Waals surface area (Å²) in [5.74, 6) is -0.162. The number of carbonyl (C=O) groups is 4. The third-order valence-electron chi connectivity index (χ3n) is 7.34. The first kappa shape index (κ1) is 32.2. The maximum atomic E-state index is 13.2. The number of thiophene rings is 1. The molecule has 0 spiro atoms. The average molecular weight is 647 g/mol. The van der Waals surface area contributed by atoms with Crippen LogP contribution in [0, 0.1) is 6.92 Å². The van der Waals surface area contributed by atoms with Crippen molar-refractivity contribution in [1.29, 1.82) is 0 Å². The molecule has 5 aromatic rings. The average Bonchev–Trinajstić information content (AvgIpc) is 3.74. The van der Waals surface area contributed by atoms with Crippen molar-refractivity contribution in [3.8, 4) is 11.5 Å². The molecule has 46 heavy (non-hydrogen) atoms. The van der Waals surface area contributed by atoms with Crippen LogP contribution in [0.15, 0.2) is 42.5 Å². The van der Waals surface area contributed by atoms with E-state index in [2.05, 4.69) is 20.1 Å². The molecule has 0 bridgehead atoms. The van der Waals surface area contributed by atoms with Gasteiger partial charge in [-0.3, -0.25) is 29.2 Å². The van der Waals surface area contributed by atoms with E-state index < -0.39 is 11.9 Å². The van der Waals surface area contributed by atoms with Gasteiger partial charge in [0, 0.05) is 35.8 Å². The molecular weight excluding hydrogens is 612 g/mol. The molecule has 0 aliphatic rings. The fourth-order valence-electron chi connectivity index (χ4n) is 5.04. The van der Waals surface area contributed by atoms with Gasteiger partial charge in [-0.05, 0) is 62.1 Å². The van der Waals surface area contributed by atoms with E-state index in [-0.39, 0.29) is 24.5 Å². The number of esters is 1. The molecule has 0 radical (unpaired) electrons. The summed E-state index contributed by atoms with van der Waals surface area (Å²) in [6, 6.07) is 12.1. The number of ketones is 1. The fourth-order valence-corrected chi connectivity index (χ4v) is 6.08. The lowest BCUT2D eigenvalue weighted by Crippen LogP contribution is -2.20. The highest BCUT2D eigenvalue weighted by Crippen LogP contribution is 2.37. The zero-order valence-electron chi connectivity index (χ0n) is 25.9. The van der Waals surface area contributed by atoms with Gasteiger partial charge in [-0.15, -0.1) is 11.3 Å². The Morgan fingerprint density at radius 2 is 1.83 bits per heavy atom. The molecule has 0 saturated heterocycles. The molecule has 0 unspecified atom stereocenters. The molecule has 5 rings (SSSR count). The van der Waals surface area contributed by atoms with Gasteiger partial charge in [-0.1, -0.05) is 0 Å². The van der Waals surface area contributed by atoms with Gasteiger partial charge in [-0.2, -0.15) is 5.10 Å². The maximum Gasteiger partial charge on any atom is 0.305 e. The first-order valence-corrected chi connectivity index (χ1v) is 15.4. The topological polar surface area (TPSA) is 170 Å². The molecule has 0 aliphatic carbocycles. The van der Waals surface area contributed by atoms with Crippen LogP contribution in [0.4, 0.5) is 5.95 Å². The molecule has 2 aromatic carbocycles. The SMILES string of the molecule is CCn1nc(C)cc1C(=O)Nc1nc2cc(C(N)=O)ccc2n1CCCOc1cc2sc(C(=O)CCC(=O)OC)cc2cc1OC. The zero-order chi connectivity index (χ0) is 33.0. The van der Waals surface area contributed by atoms with Crippen molar-refractivity contribution in [3.05, 3.63) is 64.3 Å². The lowest BCUT2D eigenvalue weighted by molar-refractivity contribution is -0.140. The number of fused-ring (bicyclic) bond motifs is 2. The number of primary amides is 1. The van der Waals surface area contributed by atoms with E-state index in [1.165, 1.54) is 18.4 Å². The van der Waals surface area contributed by atoms with Crippen molar-refractivity contribution in [2.24, 2.45) is 5.73 Å². The number of nitrogens with one attached hydrogen (secondary N) is 1. The molecular formula is C32H34N6O7S. The fraction of sp³-hybridized carbons (Fsp3) is 0.312. The summed E-state index contributed by atoms with van der Waals surface area (Å²) in [6.07, 6.45) is 0.617. The van der Waals surface area contributed by atoms with Crippen LogP contribution >= 0.6 is 11.3 Å². The van der Waals surface area contributed by atoms with Crippen LogP contribution in [-0.2, 0) is 22.6 Å². The number of hydrogen-bond acceptors (Lipinski definition) is 10. The minimum Gasteiger partial charge on any atom is -0.493 e. The Balaban J connectivity index is 1.33. The first-order valence-electron chi connectivity index (χ1n) is 14.6. The van der Waals surface area contributed by atoms with Crippen LogP contribution in [-0.4, -0.2) is 63.7 Å². The van der Waals surface area contributed by atoms with Gasteiger partial charge in [-0.25, -0.2) is 4.98 Å². The zero-order valence-corrected chi connectivity index (χ0v) is 26.7. The molecule has 0 saturated carbocycles. The summed E-state index contributed by atoms with van der Waals surface area (Å²) >= 11 is 1.32. The number of nitrogens with two attached hydrogens (primary N) is 1. The number of aryl methyl sites for hydroxylation is 3. The molecule has 14 heteroatoms. The van der Waals surface area contributed by atoms with E-state index in [0.717, 1.165) is 15.8 Å². The third-order valence-corrected chi connectivity index (χ3v) is 8.48. The number of benzene rings is 2. The van der Waals surface area contributed by atoms with Crippen LogP contribution < -0.4 is 20.5 Å². The molecule has 3 heterocycles. The predicted molar refractivity (Wildman–Crippen MR) is 173 cm³/mol. The van der Waals surface area contributed by atoms with Crippen molar-refractivity contribution in [2.45, 2.75) is 46.2 Å². The number of ether oxygens (including phenoxy) is 3. The molecule has 2 amide bonds. The van der Waals surface area contributed by atoms with Gasteiger partial charge in [0.1, 0.15) is 5.69 Å². The third kappa shape index (κ3) is 6.86. The molecule has 0 aliphatic heterocycles. The van der Waals surface area contributed by atoms with Crippen molar-refractivity contribution in [2.75, 3.05) is 26.1 Å². The quantitative estimate of drug-likeness (QED) is 0.0983. The normalized spacial score (nSPS) is 11.1. The van der Waals surface area contributed by atoms with Gasteiger partial charge in [0.05, 0.1) is 48.9 Å². The number of anilines is 1. The Kier molecular flexibility index (Phi) is 9.66. The van der Waals surface area contributed by atoms with Crippen LogP contribution in [0.3, 0.4) is 0 Å². The van der Waals surface area contributed by atoms with Crippen LogP contribution in [0.1, 0.15) is 62.4 Å². The van der Waals surface area contributed by atoms with E-state index >= 15 is 0 Å². The smallest absolute Gasteiger partial charge is 0.305 e. The highest BCUT2D eigenvalue weighted by atomic mass is 32.1. The summed E-state index contributed by atoms with van der Waals surface area (Å²) < 4.78 is 20.6. The molecule has 240 valence electrons. The Hall–Kier alpha value is -5.24. The van der Waals surface area contributed by atoms with Crippen molar-refractivity contribution in [1.82, 2.24) is 19.3 Å².